The van der Waals surface area contributed by atoms with E-state index in [4.69, 9.17) is 4.74 Å². The van der Waals surface area contributed by atoms with Crippen molar-refractivity contribution < 1.29 is 13.5 Å². The van der Waals surface area contributed by atoms with Crippen molar-refractivity contribution in [3.8, 4) is 5.75 Å². The molecule has 138 valence electrons. The fraction of sp³-hybridized carbons (Fsp3) is 0.211. The van der Waals surface area contributed by atoms with Crippen molar-refractivity contribution in [3.05, 3.63) is 60.2 Å². The summed E-state index contributed by atoms with van der Waals surface area (Å²) in [6, 6.07) is 6.91. The van der Waals surface area contributed by atoms with Gasteiger partial charge in [-0.05, 0) is 37.6 Å². The van der Waals surface area contributed by atoms with Crippen LogP contribution in [0.15, 0.2) is 54.0 Å². The van der Waals surface area contributed by atoms with Crippen LogP contribution in [0.25, 0.3) is 11.3 Å². The van der Waals surface area contributed by atoms with E-state index in [1.165, 1.54) is 0 Å². The molecule has 0 N–H and O–H groups in total. The second-order valence-corrected chi connectivity index (χ2v) is 6.26. The molecule has 0 radical (unpaired) electrons. The molecule has 0 spiro atoms. The fourth-order valence-corrected chi connectivity index (χ4v) is 3.07. The molecule has 6 nitrogen and oxygen atoms in total. The Kier molecular flexibility index (Phi) is 4.31. The SMILES string of the molecule is CC1=NC=C(c2cnn3cccnc23)N(c2cc(C)ccc2OC(F)F)C1. The zero-order chi connectivity index (χ0) is 19.0. The molecule has 4 rings (SSSR count). The van der Waals surface area contributed by atoms with Crippen LogP contribution in [0.1, 0.15) is 18.1 Å². The zero-order valence-electron chi connectivity index (χ0n) is 14.8. The molecule has 0 fully saturated rings. The lowest BCUT2D eigenvalue weighted by molar-refractivity contribution is -0.0494. The van der Waals surface area contributed by atoms with Gasteiger partial charge in [0.15, 0.2) is 5.65 Å². The molecule has 0 aliphatic carbocycles. The summed E-state index contributed by atoms with van der Waals surface area (Å²) >= 11 is 0. The molecule has 3 aromatic rings. The second-order valence-electron chi connectivity index (χ2n) is 6.26. The number of hydrogen-bond acceptors (Lipinski definition) is 5. The lowest BCUT2D eigenvalue weighted by Crippen LogP contribution is -2.30. The maximum absolute atomic E-state index is 12.9. The quantitative estimate of drug-likeness (QED) is 0.700. The minimum atomic E-state index is -2.91. The third kappa shape index (κ3) is 3.25. The van der Waals surface area contributed by atoms with Crippen LogP contribution in [-0.2, 0) is 0 Å². The van der Waals surface area contributed by atoms with Crippen LogP contribution < -0.4 is 9.64 Å². The first kappa shape index (κ1) is 17.1. The number of fused-ring (bicyclic) bond motifs is 1. The number of benzene rings is 1. The standard InChI is InChI=1S/C19H17F2N5O/c1-12-4-5-17(27-19(20)21)15(8-12)25-11-13(2)23-10-16(25)14-9-24-26-7-3-6-22-18(14)26/h3-10,19H,11H2,1-2H3. The minimum absolute atomic E-state index is 0.112. The number of aromatic nitrogens is 3. The Hall–Kier alpha value is -3.29. The average molecular weight is 369 g/mol. The van der Waals surface area contributed by atoms with E-state index >= 15 is 0 Å². The number of nitrogens with zero attached hydrogens (tertiary/aromatic N) is 5. The number of aryl methyl sites for hydroxylation is 1. The van der Waals surface area contributed by atoms with Gasteiger partial charge in [-0.1, -0.05) is 6.07 Å². The first-order chi connectivity index (χ1) is 13.0. The molecule has 3 heterocycles. The van der Waals surface area contributed by atoms with Crippen molar-refractivity contribution in [1.29, 1.82) is 0 Å². The number of alkyl halides is 2. The molecule has 0 saturated heterocycles. The molecular formula is C19H17F2N5O. The van der Waals surface area contributed by atoms with Crippen LogP contribution in [0.2, 0.25) is 0 Å². The first-order valence-electron chi connectivity index (χ1n) is 8.38. The Balaban J connectivity index is 1.86. The minimum Gasteiger partial charge on any atom is -0.433 e. The van der Waals surface area contributed by atoms with Crippen molar-refractivity contribution in [2.75, 3.05) is 11.4 Å². The Morgan fingerprint density at radius 1 is 1.22 bits per heavy atom. The zero-order valence-corrected chi connectivity index (χ0v) is 14.8. The Labute approximate surface area is 154 Å². The van der Waals surface area contributed by atoms with Gasteiger partial charge in [0, 0.05) is 18.1 Å². The molecule has 0 saturated carbocycles. The summed E-state index contributed by atoms with van der Waals surface area (Å²) in [5, 5.41) is 4.32. The van der Waals surface area contributed by atoms with Crippen molar-refractivity contribution in [2.45, 2.75) is 20.5 Å². The van der Waals surface area contributed by atoms with E-state index in [2.05, 4.69) is 15.1 Å². The lowest BCUT2D eigenvalue weighted by Gasteiger charge is -2.30. The van der Waals surface area contributed by atoms with Gasteiger partial charge in [0.25, 0.3) is 0 Å². The number of anilines is 1. The molecule has 0 unspecified atom stereocenters. The summed E-state index contributed by atoms with van der Waals surface area (Å²) in [7, 11) is 0. The smallest absolute Gasteiger partial charge is 0.387 e. The summed E-state index contributed by atoms with van der Waals surface area (Å²) in [6.07, 6.45) is 6.88. The van der Waals surface area contributed by atoms with Gasteiger partial charge in [0.05, 0.1) is 35.9 Å². The maximum Gasteiger partial charge on any atom is 0.387 e. The van der Waals surface area contributed by atoms with Crippen molar-refractivity contribution in [2.24, 2.45) is 4.99 Å². The van der Waals surface area contributed by atoms with Crippen LogP contribution in [0.4, 0.5) is 14.5 Å². The van der Waals surface area contributed by atoms with Crippen molar-refractivity contribution in [3.63, 3.8) is 0 Å². The van der Waals surface area contributed by atoms with Gasteiger partial charge in [-0.2, -0.15) is 13.9 Å². The predicted molar refractivity (Wildman–Crippen MR) is 99.2 cm³/mol. The van der Waals surface area contributed by atoms with Gasteiger partial charge in [-0.15, -0.1) is 0 Å². The van der Waals surface area contributed by atoms with Gasteiger partial charge in [0.2, 0.25) is 0 Å². The number of rotatable bonds is 4. The highest BCUT2D eigenvalue weighted by Crippen LogP contribution is 2.37. The Morgan fingerprint density at radius 2 is 2.07 bits per heavy atom. The third-order valence-corrected chi connectivity index (χ3v) is 4.26. The normalized spacial score (nSPS) is 14.5. The molecule has 0 bridgehead atoms. The predicted octanol–water partition coefficient (Wildman–Crippen LogP) is 3.92. The van der Waals surface area contributed by atoms with Crippen LogP contribution >= 0.6 is 0 Å². The first-order valence-corrected chi connectivity index (χ1v) is 8.38. The molecule has 1 aliphatic heterocycles. The summed E-state index contributed by atoms with van der Waals surface area (Å²) in [6.45, 7) is 1.33. The van der Waals surface area contributed by atoms with Crippen molar-refractivity contribution in [1.82, 2.24) is 14.6 Å². The van der Waals surface area contributed by atoms with Gasteiger partial charge in [-0.3, -0.25) is 4.99 Å². The fourth-order valence-electron chi connectivity index (χ4n) is 3.07. The van der Waals surface area contributed by atoms with E-state index in [0.717, 1.165) is 22.5 Å². The summed E-state index contributed by atoms with van der Waals surface area (Å²) in [4.78, 5) is 10.7. The summed E-state index contributed by atoms with van der Waals surface area (Å²) < 4.78 is 32.3. The molecule has 1 aromatic carbocycles. The summed E-state index contributed by atoms with van der Waals surface area (Å²) in [5.41, 5.74) is 4.48. The van der Waals surface area contributed by atoms with Gasteiger partial charge in [0.1, 0.15) is 5.75 Å². The maximum atomic E-state index is 12.9. The van der Waals surface area contributed by atoms with E-state index in [0.29, 0.717) is 17.9 Å². The topological polar surface area (TPSA) is 55.0 Å². The van der Waals surface area contributed by atoms with E-state index < -0.39 is 6.61 Å². The molecule has 2 aromatic heterocycles. The monoisotopic (exact) mass is 369 g/mol. The number of halogens is 2. The van der Waals surface area contributed by atoms with E-state index in [1.807, 2.05) is 24.8 Å². The van der Waals surface area contributed by atoms with Crippen LogP contribution in [0.3, 0.4) is 0 Å². The van der Waals surface area contributed by atoms with Gasteiger partial charge < -0.3 is 9.64 Å². The van der Waals surface area contributed by atoms with Crippen LogP contribution in [0, 0.1) is 6.92 Å². The van der Waals surface area contributed by atoms with Crippen LogP contribution in [-0.4, -0.2) is 33.5 Å². The van der Waals surface area contributed by atoms with Crippen LogP contribution in [0.5, 0.6) is 5.75 Å². The number of hydrogen-bond donors (Lipinski definition) is 0. The highest BCUT2D eigenvalue weighted by Gasteiger charge is 2.25. The largest absolute Gasteiger partial charge is 0.433 e. The van der Waals surface area contributed by atoms with E-state index in [1.54, 1.807) is 47.5 Å². The molecule has 1 aliphatic rings. The molecule has 0 amide bonds. The average Bonchev–Trinajstić information content (AvgIpc) is 3.07. The molecular weight excluding hydrogens is 352 g/mol. The lowest BCUT2D eigenvalue weighted by atomic mass is 10.1. The van der Waals surface area contributed by atoms with E-state index in [-0.39, 0.29) is 5.75 Å². The Morgan fingerprint density at radius 3 is 2.89 bits per heavy atom. The van der Waals surface area contributed by atoms with Crippen molar-refractivity contribution >= 4 is 22.7 Å². The van der Waals surface area contributed by atoms with E-state index in [9.17, 15) is 8.78 Å². The molecule has 27 heavy (non-hydrogen) atoms. The molecule has 0 atom stereocenters. The number of ether oxygens (including phenoxy) is 1. The Bertz CT molecular complexity index is 1060. The third-order valence-electron chi connectivity index (χ3n) is 4.26. The number of aliphatic imine (C=N–C) groups is 1. The second kappa shape index (κ2) is 6.79. The summed E-state index contributed by atoms with van der Waals surface area (Å²) in [5.74, 6) is 0.112. The van der Waals surface area contributed by atoms with Gasteiger partial charge in [-0.25, -0.2) is 9.50 Å². The van der Waals surface area contributed by atoms with Gasteiger partial charge >= 0.3 is 6.61 Å². The highest BCUT2D eigenvalue weighted by molar-refractivity contribution is 5.98. The highest BCUT2D eigenvalue weighted by atomic mass is 19.3. The molecule has 8 heteroatoms.